The fourth-order valence-corrected chi connectivity index (χ4v) is 9.42. The molecule has 5 fully saturated rings. The Morgan fingerprint density at radius 3 is 1.28 bits per heavy atom. The molecule has 278 valence electrons. The van der Waals surface area contributed by atoms with E-state index in [0.717, 1.165) is 41.8 Å². The summed E-state index contributed by atoms with van der Waals surface area (Å²) < 4.78 is 0. The van der Waals surface area contributed by atoms with Gasteiger partial charge in [0.1, 0.15) is 0 Å². The van der Waals surface area contributed by atoms with Crippen LogP contribution >= 0.6 is 0 Å². The van der Waals surface area contributed by atoms with Crippen LogP contribution in [-0.2, 0) is 0 Å². The second-order valence-corrected chi connectivity index (χ2v) is 16.6. The highest BCUT2D eigenvalue weighted by Crippen LogP contribution is 2.32. The van der Waals surface area contributed by atoms with Gasteiger partial charge in [-0.2, -0.15) is 0 Å². The van der Waals surface area contributed by atoms with E-state index in [9.17, 15) is 0 Å². The lowest BCUT2D eigenvalue weighted by atomic mass is 9.83. The van der Waals surface area contributed by atoms with Crippen molar-refractivity contribution in [1.82, 2.24) is 14.7 Å². The summed E-state index contributed by atoms with van der Waals surface area (Å²) in [6.07, 6.45) is 32.9. The van der Waals surface area contributed by atoms with Gasteiger partial charge in [0.2, 0.25) is 0 Å². The second kappa shape index (κ2) is 25.6. The Bertz CT molecular complexity index is 719. The second-order valence-electron chi connectivity index (χ2n) is 16.6. The molecule has 0 radical (unpaired) electrons. The van der Waals surface area contributed by atoms with Gasteiger partial charge in [0.15, 0.2) is 0 Å². The lowest BCUT2D eigenvalue weighted by Gasteiger charge is -2.38. The maximum atomic E-state index is 3.98. The van der Waals surface area contributed by atoms with Crippen molar-refractivity contribution in [2.45, 2.75) is 207 Å². The minimum atomic E-state index is 0.873. The molecule has 0 amide bonds. The molecule has 0 unspecified atom stereocenters. The van der Waals surface area contributed by atoms with E-state index in [4.69, 9.17) is 0 Å². The molecule has 0 atom stereocenters. The Balaban J connectivity index is 0.000000221. The SMILES string of the molecule is C=C1CCC(CC)CC1.CCC1CCC(N(C)C)CC1.CCC1CCC(N(CC)CC)CC1.CCC1CCC(N2CCCCC2)CC1. The molecule has 47 heavy (non-hydrogen) atoms. The lowest BCUT2D eigenvalue weighted by molar-refractivity contribution is 0.114. The summed E-state index contributed by atoms with van der Waals surface area (Å²) in [6, 6.07) is 2.73. The van der Waals surface area contributed by atoms with E-state index in [1.54, 1.807) is 0 Å². The molecule has 5 rings (SSSR count). The Morgan fingerprint density at radius 2 is 0.894 bits per heavy atom. The summed E-state index contributed by atoms with van der Waals surface area (Å²) in [5, 5.41) is 0. The van der Waals surface area contributed by atoms with Gasteiger partial charge in [0.05, 0.1) is 0 Å². The van der Waals surface area contributed by atoms with Crippen molar-refractivity contribution in [2.75, 3.05) is 40.3 Å². The van der Waals surface area contributed by atoms with Gasteiger partial charge < -0.3 is 14.7 Å². The molecule has 3 heteroatoms. The van der Waals surface area contributed by atoms with Gasteiger partial charge in [0, 0.05) is 18.1 Å². The molecule has 0 bridgehead atoms. The highest BCUT2D eigenvalue weighted by atomic mass is 15.2. The third kappa shape index (κ3) is 16.9. The van der Waals surface area contributed by atoms with Gasteiger partial charge in [-0.15, -0.1) is 0 Å². The number of allylic oxidation sites excluding steroid dienone is 1. The Morgan fingerprint density at radius 1 is 0.511 bits per heavy atom. The van der Waals surface area contributed by atoms with Crippen molar-refractivity contribution >= 4 is 0 Å². The summed E-state index contributed by atoms with van der Waals surface area (Å²) >= 11 is 0. The first-order valence-electron chi connectivity index (χ1n) is 21.6. The van der Waals surface area contributed by atoms with E-state index in [1.807, 2.05) is 0 Å². The van der Waals surface area contributed by atoms with Gasteiger partial charge in [-0.05, 0) is 180 Å². The molecule has 0 spiro atoms. The third-order valence-corrected chi connectivity index (χ3v) is 13.5. The minimum absolute atomic E-state index is 0.873. The van der Waals surface area contributed by atoms with Crippen LogP contribution in [0.3, 0.4) is 0 Å². The van der Waals surface area contributed by atoms with Gasteiger partial charge in [-0.3, -0.25) is 0 Å². The van der Waals surface area contributed by atoms with Gasteiger partial charge >= 0.3 is 0 Å². The molecule has 5 aliphatic rings. The first-order valence-corrected chi connectivity index (χ1v) is 21.6. The molecule has 0 aromatic rings. The molecule has 1 aliphatic heterocycles. The average Bonchev–Trinajstić information content (AvgIpc) is 3.14. The summed E-state index contributed by atoms with van der Waals surface area (Å²) in [6.45, 7) is 23.1. The molecular weight excluding hydrogens is 571 g/mol. The smallest absolute Gasteiger partial charge is 0.00954 e. The zero-order chi connectivity index (χ0) is 34.4. The monoisotopic (exact) mass is 658 g/mol. The van der Waals surface area contributed by atoms with E-state index in [1.165, 1.54) is 179 Å². The summed E-state index contributed by atoms with van der Waals surface area (Å²) in [5.74, 6) is 4.13. The molecule has 0 aromatic carbocycles. The highest BCUT2D eigenvalue weighted by molar-refractivity contribution is 4.97. The summed E-state index contributed by atoms with van der Waals surface area (Å²) in [4.78, 5) is 7.78. The molecule has 3 nitrogen and oxygen atoms in total. The van der Waals surface area contributed by atoms with Crippen molar-refractivity contribution < 1.29 is 0 Å². The largest absolute Gasteiger partial charge is 0.306 e. The van der Waals surface area contributed by atoms with Crippen molar-refractivity contribution in [2.24, 2.45) is 23.7 Å². The fourth-order valence-electron chi connectivity index (χ4n) is 9.42. The number of hydrogen-bond acceptors (Lipinski definition) is 3. The molecule has 0 aromatic heterocycles. The van der Waals surface area contributed by atoms with Crippen LogP contribution in [0.1, 0.15) is 189 Å². The molecule has 0 N–H and O–H groups in total. The molecular formula is C44H87N3. The quantitative estimate of drug-likeness (QED) is 0.228. The molecule has 1 heterocycles. The Kier molecular flexibility index (Phi) is 23.3. The van der Waals surface area contributed by atoms with Crippen molar-refractivity contribution in [1.29, 1.82) is 0 Å². The van der Waals surface area contributed by atoms with Gasteiger partial charge in [0.25, 0.3) is 0 Å². The van der Waals surface area contributed by atoms with Crippen LogP contribution in [0, 0.1) is 23.7 Å². The number of hydrogen-bond donors (Lipinski definition) is 0. The van der Waals surface area contributed by atoms with Crippen LogP contribution in [-0.4, -0.2) is 73.1 Å². The molecule has 4 saturated carbocycles. The predicted octanol–water partition coefficient (Wildman–Crippen LogP) is 12.4. The number of rotatable bonds is 9. The third-order valence-electron chi connectivity index (χ3n) is 13.5. The van der Waals surface area contributed by atoms with Crippen LogP contribution in [0.4, 0.5) is 0 Å². The van der Waals surface area contributed by atoms with E-state index in [-0.39, 0.29) is 0 Å². The number of piperidine rings is 1. The molecule has 1 saturated heterocycles. The number of likely N-dealkylation sites (tertiary alicyclic amines) is 1. The van der Waals surface area contributed by atoms with Gasteiger partial charge in [-0.1, -0.05) is 85.8 Å². The zero-order valence-corrected chi connectivity index (χ0v) is 33.7. The first kappa shape index (κ1) is 42.8. The van der Waals surface area contributed by atoms with Crippen LogP contribution < -0.4 is 0 Å². The lowest BCUT2D eigenvalue weighted by Crippen LogP contribution is -2.41. The van der Waals surface area contributed by atoms with Crippen LogP contribution in [0.25, 0.3) is 0 Å². The minimum Gasteiger partial charge on any atom is -0.306 e. The first-order chi connectivity index (χ1) is 22.8. The normalized spacial score (nSPS) is 30.8. The van der Waals surface area contributed by atoms with Crippen LogP contribution in [0.2, 0.25) is 0 Å². The van der Waals surface area contributed by atoms with Crippen LogP contribution in [0.15, 0.2) is 12.2 Å². The average molecular weight is 658 g/mol. The maximum Gasteiger partial charge on any atom is 0.00954 e. The summed E-state index contributed by atoms with van der Waals surface area (Å²) in [7, 11) is 4.41. The van der Waals surface area contributed by atoms with Gasteiger partial charge in [-0.25, -0.2) is 0 Å². The van der Waals surface area contributed by atoms with E-state index < -0.39 is 0 Å². The Hall–Kier alpha value is -0.380. The van der Waals surface area contributed by atoms with Crippen molar-refractivity contribution in [3.63, 3.8) is 0 Å². The maximum absolute atomic E-state index is 3.98. The topological polar surface area (TPSA) is 9.72 Å². The molecule has 4 aliphatic carbocycles. The van der Waals surface area contributed by atoms with E-state index in [2.05, 4.69) is 76.9 Å². The summed E-state index contributed by atoms with van der Waals surface area (Å²) in [5.41, 5.74) is 1.47. The van der Waals surface area contributed by atoms with E-state index in [0.29, 0.717) is 0 Å². The predicted molar refractivity (Wildman–Crippen MR) is 212 cm³/mol. The van der Waals surface area contributed by atoms with Crippen molar-refractivity contribution in [3.8, 4) is 0 Å². The number of nitrogens with zero attached hydrogens (tertiary/aromatic N) is 3. The Labute approximate surface area is 297 Å². The zero-order valence-electron chi connectivity index (χ0n) is 33.7. The van der Waals surface area contributed by atoms with Crippen LogP contribution in [0.5, 0.6) is 0 Å². The van der Waals surface area contributed by atoms with Crippen molar-refractivity contribution in [3.05, 3.63) is 12.2 Å². The standard InChI is InChI=1S/C13H25N.C12H25N.C10H21N.C9H16/c1-2-12-6-8-13(9-7-12)14-10-4-3-5-11-14;1-4-11-7-9-12(10-8-11)13(5-2)6-3;1-4-9-5-7-10(8-6-9)11(2)3;1-3-9-6-4-8(2)5-7-9/h12-13H,2-11H2,1H3;11-12H,4-10H2,1-3H3;9-10H,4-8H2,1-3H3;9H,2-7H2,1H3. The highest BCUT2D eigenvalue weighted by Gasteiger charge is 2.26. The fraction of sp³-hybridized carbons (Fsp3) is 0.955. The van der Waals surface area contributed by atoms with E-state index >= 15 is 0 Å².